The Morgan fingerprint density at radius 2 is 1.70 bits per heavy atom. The molecule has 0 amide bonds. The quantitative estimate of drug-likeness (QED) is 0.886. The Balaban J connectivity index is 1.43. The van der Waals surface area contributed by atoms with Gasteiger partial charge in [0.1, 0.15) is 0 Å². The van der Waals surface area contributed by atoms with Crippen molar-refractivity contribution in [2.45, 2.75) is 57.5 Å². The van der Waals surface area contributed by atoms with Crippen molar-refractivity contribution >= 4 is 0 Å². The first-order valence-electron chi connectivity index (χ1n) is 8.40. The van der Waals surface area contributed by atoms with Gasteiger partial charge in [-0.2, -0.15) is 0 Å². The first-order valence-corrected chi connectivity index (χ1v) is 8.40. The Kier molecular flexibility index (Phi) is 4.74. The van der Waals surface area contributed by atoms with Gasteiger partial charge in [0.15, 0.2) is 0 Å². The molecule has 0 unspecified atom stereocenters. The van der Waals surface area contributed by atoms with Gasteiger partial charge in [-0.1, -0.05) is 37.6 Å². The molecule has 1 heterocycles. The number of fused-ring (bicyclic) bond motifs is 1. The maximum Gasteiger partial charge on any atom is 0.0151 e. The van der Waals surface area contributed by atoms with Crippen molar-refractivity contribution in [3.05, 3.63) is 35.4 Å². The van der Waals surface area contributed by atoms with Gasteiger partial charge in [0.2, 0.25) is 0 Å². The fourth-order valence-electron chi connectivity index (χ4n) is 3.71. The van der Waals surface area contributed by atoms with Gasteiger partial charge in [0.05, 0.1) is 0 Å². The lowest BCUT2D eigenvalue weighted by molar-refractivity contribution is 0.189. The average molecular weight is 272 g/mol. The Bertz CT molecular complexity index is 396. The molecule has 1 N–H and O–H groups in total. The Hall–Kier alpha value is -0.860. The van der Waals surface area contributed by atoms with Crippen molar-refractivity contribution in [3.63, 3.8) is 0 Å². The highest BCUT2D eigenvalue weighted by atomic mass is 15.1. The van der Waals surface area contributed by atoms with Crippen LogP contribution in [0, 0.1) is 0 Å². The number of rotatable bonds is 5. The predicted molar refractivity (Wildman–Crippen MR) is 85.1 cm³/mol. The van der Waals surface area contributed by atoms with Gasteiger partial charge in [0.25, 0.3) is 0 Å². The fourth-order valence-corrected chi connectivity index (χ4v) is 3.71. The monoisotopic (exact) mass is 272 g/mol. The zero-order valence-corrected chi connectivity index (χ0v) is 12.8. The van der Waals surface area contributed by atoms with Crippen LogP contribution in [0.4, 0.5) is 0 Å². The van der Waals surface area contributed by atoms with Crippen LogP contribution >= 0.6 is 0 Å². The van der Waals surface area contributed by atoms with Gasteiger partial charge in [0, 0.05) is 12.1 Å². The molecule has 1 aromatic rings. The highest BCUT2D eigenvalue weighted by Gasteiger charge is 2.25. The summed E-state index contributed by atoms with van der Waals surface area (Å²) in [6, 6.07) is 10.4. The zero-order chi connectivity index (χ0) is 13.8. The zero-order valence-electron chi connectivity index (χ0n) is 12.8. The Morgan fingerprint density at radius 3 is 2.30 bits per heavy atom. The number of benzene rings is 1. The van der Waals surface area contributed by atoms with E-state index in [4.69, 9.17) is 0 Å². The van der Waals surface area contributed by atoms with Crippen molar-refractivity contribution < 1.29 is 0 Å². The van der Waals surface area contributed by atoms with E-state index in [1.165, 1.54) is 58.2 Å². The number of piperidine rings is 1. The van der Waals surface area contributed by atoms with Gasteiger partial charge in [-0.25, -0.2) is 0 Å². The van der Waals surface area contributed by atoms with E-state index in [1.54, 1.807) is 11.1 Å². The molecule has 0 radical (unpaired) electrons. The minimum absolute atomic E-state index is 0.680. The Morgan fingerprint density at radius 1 is 1.05 bits per heavy atom. The standard InChI is InChI=1S/C18H28N2/c1-2-3-10-20-11-8-17(9-12-20)19-18-13-15-6-4-5-7-16(15)14-18/h4-7,17-19H,2-3,8-14H2,1H3. The van der Waals surface area contributed by atoms with Crippen molar-refractivity contribution in [1.82, 2.24) is 10.2 Å². The molecule has 2 aliphatic rings. The third-order valence-electron chi connectivity index (χ3n) is 4.94. The van der Waals surface area contributed by atoms with E-state index < -0.39 is 0 Å². The number of unbranched alkanes of at least 4 members (excludes halogenated alkanes) is 1. The van der Waals surface area contributed by atoms with Crippen molar-refractivity contribution in [3.8, 4) is 0 Å². The largest absolute Gasteiger partial charge is 0.310 e. The molecule has 2 heteroatoms. The van der Waals surface area contributed by atoms with Gasteiger partial charge in [-0.15, -0.1) is 0 Å². The van der Waals surface area contributed by atoms with Crippen molar-refractivity contribution in [1.29, 1.82) is 0 Å². The van der Waals surface area contributed by atoms with Crippen LogP contribution in [0.5, 0.6) is 0 Å². The highest BCUT2D eigenvalue weighted by Crippen LogP contribution is 2.23. The number of likely N-dealkylation sites (tertiary alicyclic amines) is 1. The van der Waals surface area contributed by atoms with Crippen LogP contribution in [-0.4, -0.2) is 36.6 Å². The number of nitrogens with one attached hydrogen (secondary N) is 1. The molecule has 20 heavy (non-hydrogen) atoms. The second-order valence-corrected chi connectivity index (χ2v) is 6.51. The molecular formula is C18H28N2. The SMILES string of the molecule is CCCCN1CCC(NC2Cc3ccccc3C2)CC1. The molecule has 1 saturated heterocycles. The molecule has 1 aliphatic heterocycles. The minimum Gasteiger partial charge on any atom is -0.310 e. The summed E-state index contributed by atoms with van der Waals surface area (Å²) in [6.45, 7) is 6.17. The lowest BCUT2D eigenvalue weighted by atomic mass is 10.0. The summed E-state index contributed by atoms with van der Waals surface area (Å²) in [5.74, 6) is 0. The van der Waals surface area contributed by atoms with Crippen LogP contribution in [0.25, 0.3) is 0 Å². The molecule has 0 aromatic heterocycles. The second kappa shape index (κ2) is 6.73. The molecule has 0 spiro atoms. The van der Waals surface area contributed by atoms with Crippen LogP contribution in [-0.2, 0) is 12.8 Å². The van der Waals surface area contributed by atoms with Crippen molar-refractivity contribution in [2.24, 2.45) is 0 Å². The van der Waals surface area contributed by atoms with E-state index in [-0.39, 0.29) is 0 Å². The highest BCUT2D eigenvalue weighted by molar-refractivity contribution is 5.33. The van der Waals surface area contributed by atoms with Crippen LogP contribution in [0.1, 0.15) is 43.7 Å². The van der Waals surface area contributed by atoms with Crippen molar-refractivity contribution in [2.75, 3.05) is 19.6 Å². The first kappa shape index (κ1) is 14.1. The molecule has 0 saturated carbocycles. The molecule has 1 aliphatic carbocycles. The lowest BCUT2D eigenvalue weighted by Crippen LogP contribution is -2.46. The first-order chi connectivity index (χ1) is 9.85. The minimum atomic E-state index is 0.680. The van der Waals surface area contributed by atoms with E-state index in [0.717, 1.165) is 6.04 Å². The molecule has 0 bridgehead atoms. The lowest BCUT2D eigenvalue weighted by Gasteiger charge is -2.33. The molecule has 1 fully saturated rings. The summed E-state index contributed by atoms with van der Waals surface area (Å²) in [6.07, 6.45) is 7.79. The molecule has 3 rings (SSSR count). The maximum absolute atomic E-state index is 3.91. The summed E-state index contributed by atoms with van der Waals surface area (Å²) < 4.78 is 0. The molecule has 2 nitrogen and oxygen atoms in total. The summed E-state index contributed by atoms with van der Waals surface area (Å²) >= 11 is 0. The van der Waals surface area contributed by atoms with Gasteiger partial charge < -0.3 is 10.2 Å². The average Bonchev–Trinajstić information content (AvgIpc) is 2.89. The van der Waals surface area contributed by atoms with E-state index in [1.807, 2.05) is 0 Å². The number of hydrogen-bond donors (Lipinski definition) is 1. The summed E-state index contributed by atoms with van der Waals surface area (Å²) in [7, 11) is 0. The maximum atomic E-state index is 3.91. The van der Waals surface area contributed by atoms with E-state index in [0.29, 0.717) is 6.04 Å². The van der Waals surface area contributed by atoms with Crippen LogP contribution in [0.15, 0.2) is 24.3 Å². The third kappa shape index (κ3) is 3.42. The van der Waals surface area contributed by atoms with Gasteiger partial charge in [-0.3, -0.25) is 0 Å². The molecule has 1 aromatic carbocycles. The van der Waals surface area contributed by atoms with Gasteiger partial charge in [-0.05, 0) is 62.9 Å². The molecule has 0 atom stereocenters. The van der Waals surface area contributed by atoms with Crippen LogP contribution in [0.2, 0.25) is 0 Å². The van der Waals surface area contributed by atoms with Crippen LogP contribution < -0.4 is 5.32 Å². The third-order valence-corrected chi connectivity index (χ3v) is 4.94. The predicted octanol–water partition coefficient (Wildman–Crippen LogP) is 3.01. The molecule has 110 valence electrons. The van der Waals surface area contributed by atoms with E-state index >= 15 is 0 Å². The number of hydrogen-bond acceptors (Lipinski definition) is 2. The Labute approximate surface area is 123 Å². The fraction of sp³-hybridized carbons (Fsp3) is 0.667. The summed E-state index contributed by atoms with van der Waals surface area (Å²) in [5.41, 5.74) is 3.12. The smallest absolute Gasteiger partial charge is 0.0151 e. The normalized spacial score (nSPS) is 21.2. The second-order valence-electron chi connectivity index (χ2n) is 6.51. The van der Waals surface area contributed by atoms with E-state index in [9.17, 15) is 0 Å². The summed E-state index contributed by atoms with van der Waals surface area (Å²) in [5, 5.41) is 3.91. The molecular weight excluding hydrogens is 244 g/mol. The number of nitrogens with zero attached hydrogens (tertiary/aromatic N) is 1. The van der Waals surface area contributed by atoms with E-state index in [2.05, 4.69) is 41.4 Å². The van der Waals surface area contributed by atoms with Gasteiger partial charge >= 0.3 is 0 Å². The topological polar surface area (TPSA) is 15.3 Å². The van der Waals surface area contributed by atoms with Crippen LogP contribution in [0.3, 0.4) is 0 Å². The summed E-state index contributed by atoms with van der Waals surface area (Å²) in [4.78, 5) is 2.64.